The summed E-state index contributed by atoms with van der Waals surface area (Å²) in [5.74, 6) is -0.956. The Labute approximate surface area is 112 Å². The monoisotopic (exact) mass is 294 g/mol. The van der Waals surface area contributed by atoms with E-state index in [1.54, 1.807) is 0 Å². The van der Waals surface area contributed by atoms with Crippen LogP contribution in [0.15, 0.2) is 17.0 Å². The van der Waals surface area contributed by atoms with Crippen molar-refractivity contribution >= 4 is 27.3 Å². The Morgan fingerprint density at radius 3 is 2.61 bits per heavy atom. The van der Waals surface area contributed by atoms with E-state index in [0.717, 1.165) is 16.8 Å². The second-order valence-corrected chi connectivity index (χ2v) is 6.44. The van der Waals surface area contributed by atoms with Crippen molar-refractivity contribution in [1.82, 2.24) is 4.31 Å². The lowest BCUT2D eigenvalue weighted by Gasteiger charge is -2.17. The number of hydrogen-bond donors (Lipinski definition) is 1. The van der Waals surface area contributed by atoms with Crippen molar-refractivity contribution in [3.63, 3.8) is 0 Å². The summed E-state index contributed by atoms with van der Waals surface area (Å²) in [5.41, 5.74) is 5.10. The fraction of sp³-hybridized carbons (Fsp3) is 0.455. The molecule has 4 nitrogen and oxygen atoms in total. The number of nitrogen functional groups attached to an aromatic ring is 1. The predicted octanol–water partition coefficient (Wildman–Crippen LogP) is 2.48. The van der Waals surface area contributed by atoms with E-state index in [2.05, 4.69) is 0 Å². The summed E-state index contributed by atoms with van der Waals surface area (Å²) in [5, 5.41) is 0.0939. The number of hydrogen-bond acceptors (Lipinski definition) is 3. The van der Waals surface area contributed by atoms with Crippen LogP contribution in [0.1, 0.15) is 19.8 Å². The van der Waals surface area contributed by atoms with Gasteiger partial charge in [0.15, 0.2) is 5.82 Å². The van der Waals surface area contributed by atoms with Crippen molar-refractivity contribution in [2.75, 3.05) is 19.3 Å². The molecule has 1 rings (SSSR count). The number of nitrogens with zero attached hydrogens (tertiary/aromatic N) is 1. The van der Waals surface area contributed by atoms with Gasteiger partial charge >= 0.3 is 0 Å². The number of sulfonamides is 1. The van der Waals surface area contributed by atoms with Crippen molar-refractivity contribution in [1.29, 1.82) is 0 Å². The van der Waals surface area contributed by atoms with Crippen molar-refractivity contribution < 1.29 is 12.8 Å². The smallest absolute Gasteiger partial charge is 0.245 e. The van der Waals surface area contributed by atoms with Crippen molar-refractivity contribution in [2.45, 2.75) is 24.7 Å². The Balaban J connectivity index is 3.20. The largest absolute Gasteiger partial charge is 0.396 e. The first kappa shape index (κ1) is 15.2. The number of anilines is 1. The third-order valence-electron chi connectivity index (χ3n) is 2.55. The molecule has 0 aliphatic carbocycles. The van der Waals surface area contributed by atoms with Gasteiger partial charge in [0.05, 0.1) is 5.69 Å². The van der Waals surface area contributed by atoms with Crippen LogP contribution in [0, 0.1) is 5.82 Å². The molecular weight excluding hydrogens is 279 g/mol. The number of halogens is 2. The summed E-state index contributed by atoms with van der Waals surface area (Å²) in [7, 11) is -2.49. The van der Waals surface area contributed by atoms with Gasteiger partial charge in [0.1, 0.15) is 4.90 Å². The van der Waals surface area contributed by atoms with Gasteiger partial charge in [-0.3, -0.25) is 0 Å². The summed E-state index contributed by atoms with van der Waals surface area (Å²) in [6.45, 7) is 2.27. The average Bonchev–Trinajstić information content (AvgIpc) is 2.30. The molecular formula is C11H16ClFN2O2S. The van der Waals surface area contributed by atoms with E-state index >= 15 is 0 Å². The molecule has 0 saturated heterocycles. The lowest BCUT2D eigenvalue weighted by Crippen LogP contribution is -2.28. The van der Waals surface area contributed by atoms with Gasteiger partial charge in [0, 0.05) is 18.6 Å². The maximum Gasteiger partial charge on any atom is 0.245 e. The van der Waals surface area contributed by atoms with Crippen LogP contribution >= 0.6 is 11.6 Å². The van der Waals surface area contributed by atoms with Crippen molar-refractivity contribution in [3.05, 3.63) is 23.0 Å². The SMILES string of the molecule is CCCCN(C)S(=O)(=O)c1cc(Cl)cc(N)c1F. The van der Waals surface area contributed by atoms with E-state index in [-0.39, 0.29) is 10.7 Å². The molecule has 0 spiro atoms. The van der Waals surface area contributed by atoms with Crippen LogP contribution in [0.2, 0.25) is 5.02 Å². The minimum absolute atomic E-state index is 0.0939. The predicted molar refractivity (Wildman–Crippen MR) is 70.5 cm³/mol. The van der Waals surface area contributed by atoms with Gasteiger partial charge in [0.25, 0.3) is 0 Å². The molecule has 1 aromatic carbocycles. The van der Waals surface area contributed by atoms with Crippen LogP contribution in [0.5, 0.6) is 0 Å². The van der Waals surface area contributed by atoms with E-state index in [1.165, 1.54) is 13.1 Å². The van der Waals surface area contributed by atoms with Crippen LogP contribution in [-0.4, -0.2) is 26.3 Å². The first-order valence-corrected chi connectivity index (χ1v) is 7.33. The Hall–Kier alpha value is -0.850. The summed E-state index contributed by atoms with van der Waals surface area (Å²) in [6.07, 6.45) is 1.55. The molecule has 2 N–H and O–H groups in total. The van der Waals surface area contributed by atoms with Crippen LogP contribution in [0.4, 0.5) is 10.1 Å². The Kier molecular flexibility index (Phi) is 4.95. The third kappa shape index (κ3) is 3.13. The summed E-state index contributed by atoms with van der Waals surface area (Å²) in [4.78, 5) is -0.480. The minimum Gasteiger partial charge on any atom is -0.396 e. The van der Waals surface area contributed by atoms with Crippen LogP contribution in [-0.2, 0) is 10.0 Å². The van der Waals surface area contributed by atoms with Gasteiger partial charge < -0.3 is 5.73 Å². The van der Waals surface area contributed by atoms with E-state index in [4.69, 9.17) is 17.3 Å². The first-order valence-electron chi connectivity index (χ1n) is 5.51. The zero-order chi connectivity index (χ0) is 13.9. The molecule has 0 radical (unpaired) electrons. The Morgan fingerprint density at radius 2 is 2.06 bits per heavy atom. The maximum absolute atomic E-state index is 13.8. The molecule has 0 saturated carbocycles. The summed E-state index contributed by atoms with van der Waals surface area (Å²) >= 11 is 5.71. The van der Waals surface area contributed by atoms with Gasteiger partial charge in [-0.2, -0.15) is 0 Å². The molecule has 0 heterocycles. The van der Waals surface area contributed by atoms with E-state index in [9.17, 15) is 12.8 Å². The van der Waals surface area contributed by atoms with E-state index < -0.39 is 20.7 Å². The Bertz CT molecular complexity index is 534. The lowest BCUT2D eigenvalue weighted by atomic mass is 10.3. The highest BCUT2D eigenvalue weighted by molar-refractivity contribution is 7.89. The van der Waals surface area contributed by atoms with Gasteiger partial charge in [-0.25, -0.2) is 17.1 Å². The van der Waals surface area contributed by atoms with Gasteiger partial charge in [-0.15, -0.1) is 0 Å². The molecule has 0 atom stereocenters. The molecule has 0 aromatic heterocycles. The fourth-order valence-corrected chi connectivity index (χ4v) is 3.06. The summed E-state index contributed by atoms with van der Waals surface area (Å²) in [6, 6.07) is 2.26. The molecule has 0 bridgehead atoms. The Morgan fingerprint density at radius 1 is 1.44 bits per heavy atom. The average molecular weight is 295 g/mol. The van der Waals surface area contributed by atoms with Crippen molar-refractivity contribution in [3.8, 4) is 0 Å². The molecule has 0 fully saturated rings. The third-order valence-corrected chi connectivity index (χ3v) is 4.62. The number of benzene rings is 1. The highest BCUT2D eigenvalue weighted by Gasteiger charge is 2.25. The second kappa shape index (κ2) is 5.86. The topological polar surface area (TPSA) is 63.4 Å². The number of rotatable bonds is 5. The normalized spacial score (nSPS) is 12.1. The highest BCUT2D eigenvalue weighted by Crippen LogP contribution is 2.27. The van der Waals surface area contributed by atoms with E-state index in [1.807, 2.05) is 6.92 Å². The zero-order valence-corrected chi connectivity index (χ0v) is 11.9. The van der Waals surface area contributed by atoms with Crippen LogP contribution in [0.3, 0.4) is 0 Å². The highest BCUT2D eigenvalue weighted by atomic mass is 35.5. The van der Waals surface area contributed by atoms with Crippen LogP contribution < -0.4 is 5.73 Å². The molecule has 0 amide bonds. The molecule has 0 aliphatic rings. The minimum atomic E-state index is -3.89. The molecule has 0 unspecified atom stereocenters. The summed E-state index contributed by atoms with van der Waals surface area (Å²) < 4.78 is 39.1. The van der Waals surface area contributed by atoms with Crippen molar-refractivity contribution in [2.24, 2.45) is 0 Å². The second-order valence-electron chi connectivity index (χ2n) is 3.99. The standard InChI is InChI=1S/C11H16ClFN2O2S/c1-3-4-5-15(2)18(16,17)10-7-8(12)6-9(14)11(10)13/h6-7H,3-5,14H2,1-2H3. The molecule has 102 valence electrons. The number of nitrogens with two attached hydrogens (primary N) is 1. The zero-order valence-electron chi connectivity index (χ0n) is 10.3. The lowest BCUT2D eigenvalue weighted by molar-refractivity contribution is 0.454. The van der Waals surface area contributed by atoms with Gasteiger partial charge in [0.2, 0.25) is 10.0 Å². The molecule has 7 heteroatoms. The van der Waals surface area contributed by atoms with Gasteiger partial charge in [-0.05, 0) is 18.6 Å². The molecule has 1 aromatic rings. The van der Waals surface area contributed by atoms with Crippen LogP contribution in [0.25, 0.3) is 0 Å². The first-order chi connectivity index (χ1) is 8.30. The maximum atomic E-state index is 13.8. The quantitative estimate of drug-likeness (QED) is 0.849. The van der Waals surface area contributed by atoms with E-state index in [0.29, 0.717) is 13.0 Å². The van der Waals surface area contributed by atoms with Gasteiger partial charge in [-0.1, -0.05) is 24.9 Å². The number of unbranched alkanes of at least 4 members (excludes halogenated alkanes) is 1. The molecule has 0 aliphatic heterocycles. The molecule has 18 heavy (non-hydrogen) atoms. The fourth-order valence-electron chi connectivity index (χ4n) is 1.44.